The summed E-state index contributed by atoms with van der Waals surface area (Å²) in [5.41, 5.74) is 6.20. The number of nitrogens with zero attached hydrogens (tertiary/aromatic N) is 2. The Balaban J connectivity index is 0.00000261. The minimum Gasteiger partial charge on any atom is -0.384 e. The summed E-state index contributed by atoms with van der Waals surface area (Å²) >= 11 is 0. The van der Waals surface area contributed by atoms with E-state index in [1.54, 1.807) is 24.3 Å². The summed E-state index contributed by atoms with van der Waals surface area (Å²) in [7, 11) is 0. The highest BCUT2D eigenvalue weighted by Gasteiger charge is 2.28. The average molecular weight is 394 g/mol. The van der Waals surface area contributed by atoms with Crippen LogP contribution in [0.4, 0.5) is 26.4 Å². The lowest BCUT2D eigenvalue weighted by Gasteiger charge is -2.32. The molecule has 1 aliphatic rings. The molecule has 3 rings (SSSR count). The van der Waals surface area contributed by atoms with Crippen molar-refractivity contribution in [1.29, 1.82) is 0 Å². The van der Waals surface area contributed by atoms with E-state index in [0.717, 1.165) is 0 Å². The highest BCUT2D eigenvalue weighted by molar-refractivity contribution is 5.94. The third-order valence-corrected chi connectivity index (χ3v) is 4.25. The van der Waals surface area contributed by atoms with Crippen molar-refractivity contribution < 1.29 is 14.0 Å². The molecular formula is C18H21ClFN5O2. The van der Waals surface area contributed by atoms with Gasteiger partial charge in [-0.05, 0) is 37.1 Å². The van der Waals surface area contributed by atoms with Crippen LogP contribution in [0.25, 0.3) is 0 Å². The normalized spacial score (nSPS) is 16.2. The molecule has 1 fully saturated rings. The second-order valence-corrected chi connectivity index (χ2v) is 6.16. The Kier molecular flexibility index (Phi) is 6.95. The Labute approximate surface area is 162 Å². The van der Waals surface area contributed by atoms with Crippen LogP contribution < -0.4 is 16.4 Å². The highest BCUT2D eigenvalue weighted by Crippen LogP contribution is 2.20. The maximum atomic E-state index is 13.7. The number of halogens is 2. The van der Waals surface area contributed by atoms with E-state index in [1.807, 2.05) is 0 Å². The second-order valence-electron chi connectivity index (χ2n) is 6.16. The zero-order chi connectivity index (χ0) is 18.5. The predicted molar refractivity (Wildman–Crippen MR) is 104 cm³/mol. The van der Waals surface area contributed by atoms with Gasteiger partial charge in [-0.15, -0.1) is 12.4 Å². The molecule has 1 atom stereocenters. The van der Waals surface area contributed by atoms with Gasteiger partial charge in [0.25, 0.3) is 0 Å². The summed E-state index contributed by atoms with van der Waals surface area (Å²) in [6.07, 6.45) is 2.86. The maximum absolute atomic E-state index is 13.7. The van der Waals surface area contributed by atoms with Crippen molar-refractivity contribution in [2.75, 3.05) is 29.5 Å². The molecule has 1 aliphatic heterocycles. The molecule has 144 valence electrons. The Morgan fingerprint density at radius 3 is 2.67 bits per heavy atom. The molecule has 1 aromatic heterocycles. The summed E-state index contributed by atoms with van der Waals surface area (Å²) in [4.78, 5) is 30.3. The first-order valence-electron chi connectivity index (χ1n) is 8.36. The molecule has 4 N–H and O–H groups in total. The van der Waals surface area contributed by atoms with E-state index in [1.165, 1.54) is 23.2 Å². The van der Waals surface area contributed by atoms with Gasteiger partial charge in [0, 0.05) is 13.1 Å². The molecule has 7 nitrogen and oxygen atoms in total. The predicted octanol–water partition coefficient (Wildman–Crippen LogP) is 3.11. The zero-order valence-corrected chi connectivity index (χ0v) is 15.3. The number of amides is 3. The first kappa shape index (κ1) is 20.4. The fraction of sp³-hybridized carbons (Fsp3) is 0.278. The first-order valence-corrected chi connectivity index (χ1v) is 8.36. The summed E-state index contributed by atoms with van der Waals surface area (Å²) in [5, 5.41) is 5.33. The van der Waals surface area contributed by atoms with Crippen molar-refractivity contribution >= 4 is 41.5 Å². The van der Waals surface area contributed by atoms with Crippen LogP contribution in [0.1, 0.15) is 12.8 Å². The number of pyridine rings is 1. The van der Waals surface area contributed by atoms with Crippen molar-refractivity contribution in [3.8, 4) is 0 Å². The second kappa shape index (κ2) is 9.18. The number of nitrogens with two attached hydrogens (primary N) is 1. The van der Waals surface area contributed by atoms with Crippen LogP contribution in [0.2, 0.25) is 0 Å². The number of carbonyl (C=O) groups excluding carboxylic acids is 2. The summed E-state index contributed by atoms with van der Waals surface area (Å²) in [6.45, 7) is 0.794. The minimum absolute atomic E-state index is 0. The molecule has 0 saturated carbocycles. The van der Waals surface area contributed by atoms with Gasteiger partial charge in [0.05, 0.1) is 23.5 Å². The molecule has 1 aromatic carbocycles. The van der Waals surface area contributed by atoms with Gasteiger partial charge in [0.2, 0.25) is 5.91 Å². The zero-order valence-electron chi connectivity index (χ0n) is 14.5. The van der Waals surface area contributed by atoms with E-state index in [-0.39, 0.29) is 36.5 Å². The fourth-order valence-corrected chi connectivity index (χ4v) is 2.86. The number of nitrogen functional groups attached to an aromatic ring is 1. The number of nitrogens with one attached hydrogen (secondary N) is 2. The van der Waals surface area contributed by atoms with Gasteiger partial charge < -0.3 is 21.3 Å². The quantitative estimate of drug-likeness (QED) is 0.745. The molecule has 0 radical (unpaired) electrons. The topological polar surface area (TPSA) is 100 Å². The van der Waals surface area contributed by atoms with Crippen molar-refractivity contribution in [3.05, 3.63) is 48.4 Å². The van der Waals surface area contributed by atoms with E-state index in [2.05, 4.69) is 15.6 Å². The SMILES string of the molecule is Cl.Nc1ccc(NC(=O)C2CCCN(C(=O)Nc3ccccc3F)C2)cn1. The highest BCUT2D eigenvalue weighted by atomic mass is 35.5. The van der Waals surface area contributed by atoms with Gasteiger partial charge in [0.15, 0.2) is 0 Å². The number of carbonyl (C=O) groups is 2. The number of aromatic nitrogens is 1. The molecule has 9 heteroatoms. The summed E-state index contributed by atoms with van der Waals surface area (Å²) in [6, 6.07) is 8.83. The molecule has 1 saturated heterocycles. The monoisotopic (exact) mass is 393 g/mol. The van der Waals surface area contributed by atoms with Gasteiger partial charge in [-0.2, -0.15) is 0 Å². The van der Waals surface area contributed by atoms with Crippen LogP contribution in [-0.4, -0.2) is 34.9 Å². The van der Waals surface area contributed by atoms with Gasteiger partial charge in [-0.25, -0.2) is 14.2 Å². The number of piperidine rings is 1. The van der Waals surface area contributed by atoms with Crippen LogP contribution in [0.5, 0.6) is 0 Å². The minimum atomic E-state index is -0.497. The number of urea groups is 1. The third-order valence-electron chi connectivity index (χ3n) is 4.25. The van der Waals surface area contributed by atoms with Crippen LogP contribution in [0.15, 0.2) is 42.6 Å². The Morgan fingerprint density at radius 1 is 1.19 bits per heavy atom. The molecule has 3 amide bonds. The van der Waals surface area contributed by atoms with Gasteiger partial charge in [-0.3, -0.25) is 4.79 Å². The fourth-order valence-electron chi connectivity index (χ4n) is 2.86. The van der Waals surface area contributed by atoms with Crippen LogP contribution in [0, 0.1) is 11.7 Å². The molecule has 0 bridgehead atoms. The molecule has 2 heterocycles. The molecule has 27 heavy (non-hydrogen) atoms. The lowest BCUT2D eigenvalue weighted by atomic mass is 9.97. The van der Waals surface area contributed by atoms with Crippen LogP contribution >= 0.6 is 12.4 Å². The van der Waals surface area contributed by atoms with E-state index >= 15 is 0 Å². The van der Waals surface area contributed by atoms with E-state index in [9.17, 15) is 14.0 Å². The number of para-hydroxylation sites is 1. The number of likely N-dealkylation sites (tertiary alicyclic amines) is 1. The van der Waals surface area contributed by atoms with Gasteiger partial charge in [0.1, 0.15) is 11.6 Å². The molecule has 2 aromatic rings. The Bertz CT molecular complexity index is 803. The summed E-state index contributed by atoms with van der Waals surface area (Å²) < 4.78 is 13.7. The molecule has 0 aliphatic carbocycles. The van der Waals surface area contributed by atoms with Crippen molar-refractivity contribution in [3.63, 3.8) is 0 Å². The van der Waals surface area contributed by atoms with Crippen molar-refractivity contribution in [2.24, 2.45) is 5.92 Å². The number of anilines is 3. The Morgan fingerprint density at radius 2 is 1.96 bits per heavy atom. The third kappa shape index (κ3) is 5.30. The van der Waals surface area contributed by atoms with E-state index in [0.29, 0.717) is 30.9 Å². The average Bonchev–Trinajstić information content (AvgIpc) is 2.65. The van der Waals surface area contributed by atoms with Crippen molar-refractivity contribution in [1.82, 2.24) is 9.88 Å². The van der Waals surface area contributed by atoms with Crippen molar-refractivity contribution in [2.45, 2.75) is 12.8 Å². The molecule has 0 spiro atoms. The number of rotatable bonds is 3. The van der Waals surface area contributed by atoms with Gasteiger partial charge in [-0.1, -0.05) is 12.1 Å². The first-order chi connectivity index (χ1) is 12.5. The van der Waals surface area contributed by atoms with Gasteiger partial charge >= 0.3 is 6.03 Å². The van der Waals surface area contributed by atoms with Crippen LogP contribution in [0.3, 0.4) is 0 Å². The number of benzene rings is 1. The lowest BCUT2D eigenvalue weighted by Crippen LogP contribution is -2.45. The van der Waals surface area contributed by atoms with Crippen LogP contribution in [-0.2, 0) is 4.79 Å². The van der Waals surface area contributed by atoms with E-state index in [4.69, 9.17) is 5.73 Å². The number of hydrogen-bond acceptors (Lipinski definition) is 4. The smallest absolute Gasteiger partial charge is 0.321 e. The maximum Gasteiger partial charge on any atom is 0.321 e. The largest absolute Gasteiger partial charge is 0.384 e. The number of hydrogen-bond donors (Lipinski definition) is 3. The molecule has 1 unspecified atom stereocenters. The standard InChI is InChI=1S/C18H20FN5O2.ClH/c19-14-5-1-2-6-15(14)23-18(26)24-9-3-4-12(11-24)17(25)22-13-7-8-16(20)21-10-13;/h1-2,5-8,10,12H,3-4,9,11H2,(H2,20,21)(H,22,25)(H,23,26);1H. The lowest BCUT2D eigenvalue weighted by molar-refractivity contribution is -0.121. The molecular weight excluding hydrogens is 373 g/mol. The van der Waals surface area contributed by atoms with E-state index < -0.39 is 11.8 Å². The Hall–Kier alpha value is -2.87. The summed E-state index contributed by atoms with van der Waals surface area (Å²) in [5.74, 6) is -0.646.